The number of carbonyl (C=O) groups excluding carboxylic acids is 11. The Morgan fingerprint density at radius 3 is 1.19 bits per heavy atom. The van der Waals surface area contributed by atoms with Crippen molar-refractivity contribution in [2.24, 2.45) is 45.7 Å². The molecule has 2 aromatic rings. The number of amides is 11. The maximum Gasteiger partial charge on any atom is 0.326 e. The van der Waals surface area contributed by atoms with Gasteiger partial charge in [-0.1, -0.05) is 59.7 Å². The maximum atomic E-state index is 14.8. The van der Waals surface area contributed by atoms with Gasteiger partial charge in [0.15, 0.2) is 5.96 Å². The van der Waals surface area contributed by atoms with Crippen molar-refractivity contribution in [3.8, 4) is 0 Å². The molecule has 1 heterocycles. The molecule has 11 atom stereocenters. The van der Waals surface area contributed by atoms with Crippen molar-refractivity contribution in [1.82, 2.24) is 58.2 Å². The van der Waals surface area contributed by atoms with Gasteiger partial charge in [-0.15, -0.1) is 0 Å². The molecule has 0 unspecified atom stereocenters. The van der Waals surface area contributed by atoms with Gasteiger partial charge in [-0.2, -0.15) is 11.8 Å². The van der Waals surface area contributed by atoms with Gasteiger partial charge in [0, 0.05) is 49.3 Å². The van der Waals surface area contributed by atoms with E-state index in [0.29, 0.717) is 22.2 Å². The molecule has 1 aromatic heterocycles. The number of aromatic amines is 1. The van der Waals surface area contributed by atoms with E-state index in [1.54, 1.807) is 72.1 Å². The van der Waals surface area contributed by atoms with E-state index in [4.69, 9.17) is 22.9 Å². The van der Waals surface area contributed by atoms with Crippen molar-refractivity contribution in [3.63, 3.8) is 0 Å². The first-order valence-electron chi connectivity index (χ1n) is 32.6. The van der Waals surface area contributed by atoms with Gasteiger partial charge in [0.1, 0.15) is 60.4 Å². The van der Waals surface area contributed by atoms with E-state index in [1.165, 1.54) is 18.0 Å². The minimum absolute atomic E-state index is 0.0693. The van der Waals surface area contributed by atoms with Crippen LogP contribution in [0.3, 0.4) is 0 Å². The molecule has 101 heavy (non-hydrogen) atoms. The molecule has 38 heteroatoms. The minimum atomic E-state index is -2.10. The zero-order valence-corrected chi connectivity index (χ0v) is 58.2. The maximum absolute atomic E-state index is 14.8. The number of carbonyl (C=O) groups is 16. The third-order valence-electron chi connectivity index (χ3n) is 15.2. The summed E-state index contributed by atoms with van der Waals surface area (Å²) in [5.74, 6) is -20.5. The molecule has 0 bridgehead atoms. The normalized spacial score (nSPS) is 14.4. The van der Waals surface area contributed by atoms with Crippen LogP contribution in [-0.2, 0) is 83.1 Å². The highest BCUT2D eigenvalue weighted by atomic mass is 32.2. The van der Waals surface area contributed by atoms with Crippen LogP contribution in [0.2, 0.25) is 0 Å². The fourth-order valence-corrected chi connectivity index (χ4v) is 10.6. The Morgan fingerprint density at radius 1 is 0.446 bits per heavy atom. The molecule has 0 fully saturated rings. The van der Waals surface area contributed by atoms with Gasteiger partial charge in [-0.25, -0.2) is 4.79 Å². The number of aliphatic carboxylic acids is 5. The molecule has 562 valence electrons. The number of nitrogens with zero attached hydrogens (tertiary/aromatic N) is 1. The number of guanidine groups is 1. The quantitative estimate of drug-likeness (QED) is 0.0177. The van der Waals surface area contributed by atoms with E-state index in [2.05, 4.69) is 63.1 Å². The zero-order valence-electron chi connectivity index (χ0n) is 57.4. The summed E-state index contributed by atoms with van der Waals surface area (Å²) >= 11 is 1.40. The molecule has 0 saturated heterocycles. The molecule has 0 saturated carbocycles. The molecular formula is C63H98N16O21S. The zero-order chi connectivity index (χ0) is 76.4. The van der Waals surface area contributed by atoms with Crippen LogP contribution in [0.25, 0.3) is 10.9 Å². The van der Waals surface area contributed by atoms with E-state index < -0.39 is 213 Å². The van der Waals surface area contributed by atoms with E-state index in [0.717, 1.165) is 0 Å². The van der Waals surface area contributed by atoms with Crippen LogP contribution in [-0.4, -0.2) is 216 Å². The van der Waals surface area contributed by atoms with Crippen molar-refractivity contribution < 1.29 is 102 Å². The van der Waals surface area contributed by atoms with Crippen LogP contribution in [0, 0.1) is 17.8 Å². The van der Waals surface area contributed by atoms with Gasteiger partial charge in [-0.05, 0) is 99.2 Å². The van der Waals surface area contributed by atoms with Crippen molar-refractivity contribution in [2.45, 2.75) is 204 Å². The first kappa shape index (κ1) is 86.9. The molecule has 11 amide bonds. The lowest BCUT2D eigenvalue weighted by atomic mass is 9.98. The molecule has 1 aromatic carbocycles. The lowest BCUT2D eigenvalue weighted by Crippen LogP contribution is -2.61. The first-order valence-corrected chi connectivity index (χ1v) is 34.0. The summed E-state index contributed by atoms with van der Waals surface area (Å²) in [7, 11) is 0. The Bertz CT molecular complexity index is 3270. The van der Waals surface area contributed by atoms with E-state index in [9.17, 15) is 102 Å². The number of hydrogen-bond donors (Lipinski definition) is 20. The largest absolute Gasteiger partial charge is 0.481 e. The monoisotopic (exact) mass is 1450 g/mol. The fraction of sp³-hybridized carbons (Fsp3) is 0.603. The SMILES string of the molecule is CSCC[C@H](N)C(=O)N[C@@H](CCC(=O)O)C(=O)N[C@@H](CCC(=O)O)C(=O)N[C@@H](CC(C)C)C(=O)N[C@@H](CC(C)C)C(=O)N[C@@H](CC(C)C)C(=O)N[C@@H](Cc1c[nH]c2ccccc12)C(=O)N[C@@H](CCC(=O)O)C(=O)N[C@@H](CC(=O)O)C(=O)N[C@@H](CCCN=C(N)N)C(=O)N[C@@H](CC(N)=O)C(=O)O. The molecule has 0 aliphatic carbocycles. The lowest BCUT2D eigenvalue weighted by molar-refractivity contribution is -0.144. The number of benzene rings is 1. The number of carboxylic acids is 5. The lowest BCUT2D eigenvalue weighted by Gasteiger charge is -2.29. The Hall–Kier alpha value is -10.1. The van der Waals surface area contributed by atoms with Crippen LogP contribution in [0.4, 0.5) is 0 Å². The highest BCUT2D eigenvalue weighted by Crippen LogP contribution is 2.21. The number of nitrogens with two attached hydrogens (primary N) is 4. The summed E-state index contributed by atoms with van der Waals surface area (Å²) in [6.45, 7) is 10.1. The van der Waals surface area contributed by atoms with Crippen LogP contribution in [0.15, 0.2) is 35.5 Å². The molecule has 0 radical (unpaired) electrons. The highest BCUT2D eigenvalue weighted by molar-refractivity contribution is 7.98. The average Bonchev–Trinajstić information content (AvgIpc) is 1.73. The van der Waals surface area contributed by atoms with Gasteiger partial charge in [0.25, 0.3) is 0 Å². The summed E-state index contributed by atoms with van der Waals surface area (Å²) in [6, 6.07) is -11.3. The van der Waals surface area contributed by atoms with Crippen LogP contribution in [0.1, 0.15) is 137 Å². The van der Waals surface area contributed by atoms with Gasteiger partial charge < -0.3 is 107 Å². The molecule has 2 rings (SSSR count). The van der Waals surface area contributed by atoms with Gasteiger partial charge in [-0.3, -0.25) is 76.9 Å². The number of fused-ring (bicyclic) bond motifs is 1. The topological polar surface area (TPSA) is 627 Å². The smallest absolute Gasteiger partial charge is 0.326 e. The van der Waals surface area contributed by atoms with E-state index in [-0.39, 0.29) is 75.2 Å². The molecule has 0 aliphatic heterocycles. The predicted octanol–water partition coefficient (Wildman–Crippen LogP) is -3.14. The van der Waals surface area contributed by atoms with E-state index >= 15 is 0 Å². The number of rotatable bonds is 49. The molecule has 0 aliphatic rings. The second-order valence-corrected chi connectivity index (χ2v) is 26.3. The van der Waals surface area contributed by atoms with Gasteiger partial charge >= 0.3 is 29.8 Å². The van der Waals surface area contributed by atoms with E-state index in [1.807, 2.05) is 0 Å². The average molecular weight is 1450 g/mol. The number of carboxylic acid groups (broad SMARTS) is 5. The van der Waals surface area contributed by atoms with Crippen molar-refractivity contribution >= 4 is 123 Å². The third kappa shape index (κ3) is 33.5. The Kier molecular flexibility index (Phi) is 38.0. The first-order chi connectivity index (χ1) is 47.3. The number of aromatic nitrogens is 1. The van der Waals surface area contributed by atoms with Crippen molar-refractivity contribution in [2.75, 3.05) is 18.6 Å². The minimum Gasteiger partial charge on any atom is -0.481 e. The number of primary amides is 1. The fourth-order valence-electron chi connectivity index (χ4n) is 10.1. The summed E-state index contributed by atoms with van der Waals surface area (Å²) in [5.41, 5.74) is 22.9. The Labute approximate surface area is 586 Å². The molecular weight excluding hydrogens is 1350 g/mol. The number of para-hydroxylation sites is 1. The van der Waals surface area contributed by atoms with Crippen molar-refractivity contribution in [3.05, 3.63) is 36.0 Å². The summed E-state index contributed by atoms with van der Waals surface area (Å²) in [4.78, 5) is 220. The van der Waals surface area contributed by atoms with Gasteiger partial charge in [0.2, 0.25) is 65.0 Å². The second kappa shape index (κ2) is 44.1. The number of H-pyrrole nitrogens is 1. The Morgan fingerprint density at radius 2 is 0.802 bits per heavy atom. The number of aliphatic imine (C=N–C) groups is 1. The summed E-state index contributed by atoms with van der Waals surface area (Å²) < 4.78 is 0. The van der Waals surface area contributed by atoms with Crippen molar-refractivity contribution in [1.29, 1.82) is 0 Å². The van der Waals surface area contributed by atoms with Crippen LogP contribution >= 0.6 is 11.8 Å². The van der Waals surface area contributed by atoms with Gasteiger partial charge in [0.05, 0.1) is 18.9 Å². The predicted molar refractivity (Wildman–Crippen MR) is 365 cm³/mol. The number of thioether (sulfide) groups is 1. The number of nitrogens with one attached hydrogen (secondary N) is 11. The summed E-state index contributed by atoms with van der Waals surface area (Å²) in [5, 5.41) is 73.1. The standard InChI is InChI=1S/C63H98N16O21S/c1-30(2)23-41(74-55(92)39(15-18-49(83)84)72-54(91)38(14-17-48(81)82)70-52(89)35(64)20-22-101-7)57(94)75-42(24-31(3)4)58(95)76-43(25-32(5)6)59(96)77-44(26-33-29-69-36-12-9-8-11-34(33)36)60(97)73-40(16-19-50(85)86)56(93)78-45(28-51(87)88)61(98)71-37(13-10-21-68-63(66)67)53(90)79-46(62(99)100)27-47(65)80/h8-9,11-12,29-32,35,37-46,69H,10,13-28,64H2,1-7H3,(H2,65,80)(H,70,89)(H,71,98)(H,72,91)(H,73,97)(H,74,92)(H,75,94)(H,76,95)(H,77,96)(H,78,93)(H,79,90)(H,81,82)(H,83,84)(H,85,86)(H,87,88)(H,99,100)(H4,66,67,68)/t35-,37-,38-,39-,40-,41-,42-,43-,44-,45-,46-/m0/s1. The van der Waals surface area contributed by atoms with Crippen LogP contribution < -0.4 is 76.1 Å². The molecule has 0 spiro atoms. The second-order valence-electron chi connectivity index (χ2n) is 25.3. The Balaban J connectivity index is 2.65. The third-order valence-corrected chi connectivity index (χ3v) is 15.8. The molecule has 24 N–H and O–H groups in total. The summed E-state index contributed by atoms with van der Waals surface area (Å²) in [6.07, 6.45) is -3.52. The highest BCUT2D eigenvalue weighted by Gasteiger charge is 2.38. The molecule has 37 nitrogen and oxygen atoms in total. The van der Waals surface area contributed by atoms with Crippen LogP contribution in [0.5, 0.6) is 0 Å². The number of hydrogen-bond acceptors (Lipinski definition) is 19.